The molecule has 8 heteroatoms. The zero-order valence-corrected chi connectivity index (χ0v) is 18.3. The summed E-state index contributed by atoms with van der Waals surface area (Å²) in [4.78, 5) is 25.1. The van der Waals surface area contributed by atoms with Crippen LogP contribution in [0.15, 0.2) is 23.6 Å². The van der Waals surface area contributed by atoms with E-state index in [-0.39, 0.29) is 29.7 Å². The van der Waals surface area contributed by atoms with Gasteiger partial charge in [0.2, 0.25) is 0 Å². The highest BCUT2D eigenvalue weighted by Crippen LogP contribution is 1.92. The second-order valence-corrected chi connectivity index (χ2v) is 6.93. The van der Waals surface area contributed by atoms with Crippen LogP contribution in [0.1, 0.15) is 78.1 Å². The van der Waals surface area contributed by atoms with E-state index in [1.165, 1.54) is 0 Å². The van der Waals surface area contributed by atoms with Gasteiger partial charge in [-0.2, -0.15) is 0 Å². The number of aryl methyl sites for hydroxylation is 6. The van der Waals surface area contributed by atoms with Gasteiger partial charge in [-0.3, -0.25) is 4.99 Å². The molecule has 1 aliphatic rings. The van der Waals surface area contributed by atoms with E-state index in [1.54, 1.807) is 0 Å². The zero-order valence-electron chi connectivity index (χ0n) is 18.3. The lowest BCUT2D eigenvalue weighted by atomic mass is 10.4. The normalized spacial score (nSPS) is 12.6. The van der Waals surface area contributed by atoms with Gasteiger partial charge in [-0.05, 0) is 55.4 Å². The van der Waals surface area contributed by atoms with E-state index in [0.29, 0.717) is 6.04 Å². The summed E-state index contributed by atoms with van der Waals surface area (Å²) in [6.07, 6.45) is 5.44. The van der Waals surface area contributed by atoms with E-state index in [0.717, 1.165) is 46.9 Å². The molecule has 1 aliphatic heterocycles. The van der Waals surface area contributed by atoms with Crippen LogP contribution in [0.5, 0.6) is 0 Å². The van der Waals surface area contributed by atoms with E-state index in [9.17, 15) is 0 Å². The minimum Gasteiger partial charge on any atom is -0.370 e. The molecule has 1 unspecified atom stereocenters. The van der Waals surface area contributed by atoms with Gasteiger partial charge in [0.05, 0.1) is 12.4 Å². The molecule has 0 saturated carbocycles. The third-order valence-electron chi connectivity index (χ3n) is 3.55. The average molecular weight is 451 g/mol. The predicted molar refractivity (Wildman–Crippen MR) is 142 cm³/mol. The van der Waals surface area contributed by atoms with E-state index in [4.69, 9.17) is 0 Å². The SMILES string of the molecule is C.C.C.C.CC1=NCC(C)N1.Cc1cnc(C)[nH]1.Cc1cnc(C)[nH]1.Cc1cnc(C)[nH]1. The highest BCUT2D eigenvalue weighted by molar-refractivity contribution is 5.81. The molecular weight excluding hydrogens is 400 g/mol. The van der Waals surface area contributed by atoms with Crippen LogP contribution < -0.4 is 5.32 Å². The number of nitrogens with one attached hydrogen (secondary N) is 4. The van der Waals surface area contributed by atoms with E-state index < -0.39 is 0 Å². The number of hydrogen-bond acceptors (Lipinski definition) is 5. The van der Waals surface area contributed by atoms with Crippen molar-refractivity contribution in [3.63, 3.8) is 0 Å². The van der Waals surface area contributed by atoms with Crippen molar-refractivity contribution in [1.29, 1.82) is 0 Å². The molecule has 3 aromatic heterocycles. The standard InChI is InChI=1S/C5H10N2.3C5H8N2.4CH4/c4*1-4-3-6-5(2)7-4;;;;/h4H,3H2,1-2H3,(H,6,7);3*3H,1-2H3,(H,6,7);4*1H4. The number of imidazole rings is 3. The number of amidine groups is 1. The van der Waals surface area contributed by atoms with Crippen LogP contribution in [0.25, 0.3) is 0 Å². The minimum atomic E-state index is 0. The highest BCUT2D eigenvalue weighted by atomic mass is 15.1. The van der Waals surface area contributed by atoms with E-state index in [1.807, 2.05) is 67.1 Å². The number of hydrogen-bond donors (Lipinski definition) is 4. The molecule has 0 aromatic carbocycles. The molecule has 32 heavy (non-hydrogen) atoms. The Balaban J connectivity index is -0.000000157. The summed E-state index contributed by atoms with van der Waals surface area (Å²) < 4.78 is 0. The Morgan fingerprint density at radius 3 is 1.00 bits per heavy atom. The van der Waals surface area contributed by atoms with Crippen molar-refractivity contribution in [2.24, 2.45) is 4.99 Å². The van der Waals surface area contributed by atoms with Crippen molar-refractivity contribution in [2.75, 3.05) is 6.54 Å². The fraction of sp³-hybridized carbons (Fsp3) is 0.583. The molecule has 0 saturated heterocycles. The fourth-order valence-electron chi connectivity index (χ4n) is 2.35. The molecule has 4 N–H and O–H groups in total. The van der Waals surface area contributed by atoms with Crippen molar-refractivity contribution < 1.29 is 0 Å². The van der Waals surface area contributed by atoms with Crippen molar-refractivity contribution in [2.45, 2.75) is 91.1 Å². The van der Waals surface area contributed by atoms with Crippen molar-refractivity contribution >= 4 is 5.84 Å². The summed E-state index contributed by atoms with van der Waals surface area (Å²) in [5, 5.41) is 3.17. The van der Waals surface area contributed by atoms with Gasteiger partial charge in [0.25, 0.3) is 0 Å². The van der Waals surface area contributed by atoms with E-state index in [2.05, 4.69) is 47.1 Å². The molecule has 0 radical (unpaired) electrons. The summed E-state index contributed by atoms with van der Waals surface area (Å²) in [5.41, 5.74) is 3.37. The average Bonchev–Trinajstić information content (AvgIpc) is 3.37. The molecule has 0 fully saturated rings. The molecule has 0 amide bonds. The first kappa shape index (κ1) is 36.5. The predicted octanol–water partition coefficient (Wildman–Crippen LogP) is 6.02. The number of nitrogens with zero attached hydrogens (tertiary/aromatic N) is 4. The zero-order chi connectivity index (χ0) is 21.1. The first-order valence-electron chi connectivity index (χ1n) is 9.38. The molecule has 0 aliphatic carbocycles. The van der Waals surface area contributed by atoms with E-state index >= 15 is 0 Å². The first-order valence-corrected chi connectivity index (χ1v) is 9.38. The topological polar surface area (TPSA) is 110 Å². The fourth-order valence-corrected chi connectivity index (χ4v) is 2.35. The second-order valence-electron chi connectivity index (χ2n) is 6.93. The Bertz CT molecular complexity index is 701. The Labute approximate surface area is 197 Å². The third kappa shape index (κ3) is 16.8. The summed E-state index contributed by atoms with van der Waals surface area (Å²) >= 11 is 0. The molecule has 1 atom stereocenters. The molecule has 4 heterocycles. The molecular formula is C24H50N8. The van der Waals surface area contributed by atoms with Gasteiger partial charge in [-0.15, -0.1) is 0 Å². The smallest absolute Gasteiger partial charge is 0.103 e. The van der Waals surface area contributed by atoms with Crippen LogP contribution in [0.3, 0.4) is 0 Å². The minimum absolute atomic E-state index is 0. The quantitative estimate of drug-likeness (QED) is 0.335. The number of aromatic amines is 3. The van der Waals surface area contributed by atoms with Crippen LogP contribution in [0.4, 0.5) is 0 Å². The monoisotopic (exact) mass is 450 g/mol. The summed E-state index contributed by atoms with van der Waals surface area (Å²) in [7, 11) is 0. The van der Waals surface area contributed by atoms with Crippen LogP contribution in [-0.4, -0.2) is 48.3 Å². The lowest BCUT2D eigenvalue weighted by molar-refractivity contribution is 0.725. The maximum atomic E-state index is 4.12. The molecule has 0 spiro atoms. The van der Waals surface area contributed by atoms with Crippen molar-refractivity contribution in [3.05, 3.63) is 53.1 Å². The van der Waals surface area contributed by atoms with Crippen LogP contribution in [0, 0.1) is 41.5 Å². The van der Waals surface area contributed by atoms with Gasteiger partial charge in [-0.25, -0.2) is 15.0 Å². The lowest BCUT2D eigenvalue weighted by Gasteiger charge is -1.98. The maximum Gasteiger partial charge on any atom is 0.103 e. The first-order chi connectivity index (χ1) is 13.2. The Kier molecular flexibility index (Phi) is 21.5. The molecule has 8 nitrogen and oxygen atoms in total. The Morgan fingerprint density at radius 2 is 0.938 bits per heavy atom. The van der Waals surface area contributed by atoms with Gasteiger partial charge in [0.15, 0.2) is 0 Å². The van der Waals surface area contributed by atoms with Crippen LogP contribution >= 0.6 is 0 Å². The number of H-pyrrole nitrogens is 3. The van der Waals surface area contributed by atoms with Gasteiger partial charge >= 0.3 is 0 Å². The molecule has 186 valence electrons. The van der Waals surface area contributed by atoms with Crippen LogP contribution in [-0.2, 0) is 0 Å². The number of rotatable bonds is 0. The summed E-state index contributed by atoms with van der Waals surface area (Å²) in [6.45, 7) is 16.8. The van der Waals surface area contributed by atoms with Crippen molar-refractivity contribution in [1.82, 2.24) is 35.2 Å². The second kappa shape index (κ2) is 18.8. The van der Waals surface area contributed by atoms with Crippen LogP contribution in [0.2, 0.25) is 0 Å². The Hall–Kier alpha value is -2.90. The van der Waals surface area contributed by atoms with Gasteiger partial charge < -0.3 is 20.3 Å². The van der Waals surface area contributed by atoms with Crippen molar-refractivity contribution in [3.8, 4) is 0 Å². The molecule has 4 rings (SSSR count). The van der Waals surface area contributed by atoms with Gasteiger partial charge in [-0.1, -0.05) is 29.7 Å². The highest BCUT2D eigenvalue weighted by Gasteiger charge is 2.05. The molecule has 3 aromatic rings. The number of aromatic nitrogens is 6. The van der Waals surface area contributed by atoms with Gasteiger partial charge in [0.1, 0.15) is 17.5 Å². The summed E-state index contributed by atoms with van der Waals surface area (Å²) in [5.74, 6) is 4.03. The lowest BCUT2D eigenvalue weighted by Crippen LogP contribution is -2.24. The maximum absolute atomic E-state index is 4.12. The van der Waals surface area contributed by atoms with Gasteiger partial charge in [0, 0.05) is 41.7 Å². The largest absolute Gasteiger partial charge is 0.370 e. The summed E-state index contributed by atoms with van der Waals surface area (Å²) in [6, 6.07) is 0.569. The Morgan fingerprint density at radius 1 is 0.625 bits per heavy atom. The number of aliphatic imine (C=N–C) groups is 1. The third-order valence-corrected chi connectivity index (χ3v) is 3.55. The molecule has 0 bridgehead atoms.